The summed E-state index contributed by atoms with van der Waals surface area (Å²) >= 11 is 0. The van der Waals surface area contributed by atoms with E-state index in [-0.39, 0.29) is 0 Å². The molecule has 0 saturated heterocycles. The van der Waals surface area contributed by atoms with Crippen LogP contribution in [0.15, 0.2) is 0 Å². The summed E-state index contributed by atoms with van der Waals surface area (Å²) in [5.74, 6) is 0. The summed E-state index contributed by atoms with van der Waals surface area (Å²) in [4.78, 5) is 10.8. The average Bonchev–Trinajstić information content (AvgIpc) is 2.72. The lowest BCUT2D eigenvalue weighted by atomic mass is 10.1. The lowest BCUT2D eigenvalue weighted by Gasteiger charge is -2.15. The summed E-state index contributed by atoms with van der Waals surface area (Å²) in [6.07, 6.45) is 21.6. The van der Waals surface area contributed by atoms with E-state index in [2.05, 4.69) is 20.8 Å². The predicted octanol–water partition coefficient (Wildman–Crippen LogP) is 8.79. The van der Waals surface area contributed by atoms with Crippen LogP contribution in [0.2, 0.25) is 0 Å². The monoisotopic (exact) mass is 435 g/mol. The van der Waals surface area contributed by atoms with E-state index in [9.17, 15) is 4.89 Å². The van der Waals surface area contributed by atoms with Crippen molar-refractivity contribution >= 4 is 8.17 Å². The summed E-state index contributed by atoms with van der Waals surface area (Å²) in [5.41, 5.74) is 0. The zero-order valence-electron chi connectivity index (χ0n) is 20.0. The van der Waals surface area contributed by atoms with E-state index in [1.54, 1.807) is 0 Å². The molecule has 5 heteroatoms. The quantitative estimate of drug-likeness (QED) is 0.121. The zero-order chi connectivity index (χ0) is 21.5. The first-order valence-electron chi connectivity index (χ1n) is 12.7. The molecule has 4 nitrogen and oxygen atoms in total. The summed E-state index contributed by atoms with van der Waals surface area (Å²) in [6, 6.07) is 0. The number of hydrogen-bond donors (Lipinski definition) is 1. The minimum Gasteiger partial charge on any atom is -0.168 e. The normalized spacial score (nSPS) is 12.0. The Morgan fingerprint density at radius 2 is 0.655 bits per heavy atom. The van der Waals surface area contributed by atoms with Crippen LogP contribution < -0.4 is 0 Å². The van der Waals surface area contributed by atoms with Gasteiger partial charge in [-0.25, -0.2) is 0 Å². The van der Waals surface area contributed by atoms with Gasteiger partial charge >= 0.3 is 8.17 Å². The molecule has 0 aliphatic carbocycles. The van der Waals surface area contributed by atoms with Crippen LogP contribution in [-0.2, 0) is 13.6 Å². The van der Waals surface area contributed by atoms with Gasteiger partial charge in [-0.05, 0) is 19.3 Å². The van der Waals surface area contributed by atoms with Gasteiger partial charge in [-0.3, -0.25) is 0 Å². The second-order valence-corrected chi connectivity index (χ2v) is 9.98. The highest BCUT2D eigenvalue weighted by molar-refractivity contribution is 7.55. The molecule has 0 bridgehead atoms. The summed E-state index contributed by atoms with van der Waals surface area (Å²) in [6.45, 7) is 8.29. The molecule has 176 valence electrons. The Bertz CT molecular complexity index is 270. The van der Waals surface area contributed by atoms with Gasteiger partial charge in [0.2, 0.25) is 0 Å². The van der Waals surface area contributed by atoms with Crippen molar-refractivity contribution in [2.75, 3.05) is 19.8 Å². The largest absolute Gasteiger partial charge is 0.572 e. The molecule has 0 aromatic carbocycles. The van der Waals surface area contributed by atoms with Gasteiger partial charge in [-0.15, -0.1) is 0 Å². The predicted molar refractivity (Wildman–Crippen MR) is 127 cm³/mol. The van der Waals surface area contributed by atoms with Gasteiger partial charge in [0.1, 0.15) is 19.8 Å². The lowest BCUT2D eigenvalue weighted by molar-refractivity contribution is 0.0773. The minimum absolute atomic E-state index is 0.531. The van der Waals surface area contributed by atoms with Gasteiger partial charge in [-0.1, -0.05) is 117 Å². The molecule has 1 N–H and O–H groups in total. The van der Waals surface area contributed by atoms with E-state index in [0.717, 1.165) is 38.5 Å². The molecule has 0 spiro atoms. The van der Waals surface area contributed by atoms with Crippen molar-refractivity contribution in [1.29, 1.82) is 0 Å². The Kier molecular flexibility index (Phi) is 23.2. The number of hydrogen-bond acceptors (Lipinski definition) is 4. The van der Waals surface area contributed by atoms with E-state index in [4.69, 9.17) is 13.6 Å². The second-order valence-electron chi connectivity index (χ2n) is 8.27. The molecule has 0 aliphatic heterocycles. The van der Waals surface area contributed by atoms with Crippen molar-refractivity contribution < 1.29 is 18.5 Å². The van der Waals surface area contributed by atoms with Gasteiger partial charge in [-0.2, -0.15) is 18.5 Å². The first-order chi connectivity index (χ1) is 14.2. The number of unbranched alkanes of at least 4 members (excludes halogenated alkanes) is 15. The maximum absolute atomic E-state index is 10.8. The molecular formula is C24H52O4P+. The van der Waals surface area contributed by atoms with Crippen LogP contribution in [0.5, 0.6) is 0 Å². The van der Waals surface area contributed by atoms with Crippen molar-refractivity contribution in [2.24, 2.45) is 0 Å². The SMILES string of the molecule is CCCCCCCCO[P+](O)(OCCCCCCCC)OCCCCCCCC. The van der Waals surface area contributed by atoms with Crippen molar-refractivity contribution in [2.45, 2.75) is 136 Å². The summed E-state index contributed by atoms with van der Waals surface area (Å²) in [7, 11) is -3.15. The fourth-order valence-electron chi connectivity index (χ4n) is 3.30. The molecule has 0 amide bonds. The van der Waals surface area contributed by atoms with Crippen LogP contribution in [0.25, 0.3) is 0 Å². The minimum atomic E-state index is -3.15. The van der Waals surface area contributed by atoms with Gasteiger partial charge in [0, 0.05) is 0 Å². The van der Waals surface area contributed by atoms with Crippen molar-refractivity contribution in [3.8, 4) is 0 Å². The Morgan fingerprint density at radius 3 is 0.931 bits per heavy atom. The Balaban J connectivity index is 4.03. The first-order valence-corrected chi connectivity index (χ1v) is 14.2. The molecule has 0 rings (SSSR count). The molecule has 29 heavy (non-hydrogen) atoms. The van der Waals surface area contributed by atoms with Gasteiger partial charge in [0.25, 0.3) is 0 Å². The van der Waals surface area contributed by atoms with E-state index >= 15 is 0 Å². The highest BCUT2D eigenvalue weighted by Gasteiger charge is 2.44. The molecule has 0 saturated carbocycles. The Labute approximate surface area is 183 Å². The van der Waals surface area contributed by atoms with Gasteiger partial charge in [0.05, 0.1) is 0 Å². The molecule has 0 aromatic heterocycles. The fourth-order valence-corrected chi connectivity index (χ4v) is 4.60. The third kappa shape index (κ3) is 21.3. The van der Waals surface area contributed by atoms with Crippen LogP contribution in [0, 0.1) is 0 Å². The molecule has 0 aliphatic rings. The van der Waals surface area contributed by atoms with Crippen molar-refractivity contribution in [3.05, 3.63) is 0 Å². The van der Waals surface area contributed by atoms with Crippen LogP contribution in [-0.4, -0.2) is 24.7 Å². The fraction of sp³-hybridized carbons (Fsp3) is 1.00. The maximum atomic E-state index is 10.8. The van der Waals surface area contributed by atoms with Gasteiger partial charge in [0.15, 0.2) is 0 Å². The smallest absolute Gasteiger partial charge is 0.168 e. The maximum Gasteiger partial charge on any atom is 0.572 e. The van der Waals surface area contributed by atoms with Crippen LogP contribution in [0.1, 0.15) is 136 Å². The molecule has 0 heterocycles. The third-order valence-electron chi connectivity index (χ3n) is 5.26. The van der Waals surface area contributed by atoms with Crippen LogP contribution in [0.3, 0.4) is 0 Å². The van der Waals surface area contributed by atoms with Crippen LogP contribution >= 0.6 is 8.17 Å². The molecule has 0 radical (unpaired) electrons. The van der Waals surface area contributed by atoms with Gasteiger partial charge < -0.3 is 0 Å². The molecule has 0 aromatic rings. The topological polar surface area (TPSA) is 47.9 Å². The molecule has 0 unspecified atom stereocenters. The Morgan fingerprint density at radius 1 is 0.414 bits per heavy atom. The van der Waals surface area contributed by atoms with E-state index in [1.165, 1.54) is 77.0 Å². The molecule has 0 atom stereocenters. The van der Waals surface area contributed by atoms with E-state index in [1.807, 2.05) is 0 Å². The average molecular weight is 436 g/mol. The van der Waals surface area contributed by atoms with Crippen molar-refractivity contribution in [1.82, 2.24) is 0 Å². The molecular weight excluding hydrogens is 383 g/mol. The molecule has 0 fully saturated rings. The zero-order valence-corrected chi connectivity index (χ0v) is 20.9. The standard InChI is InChI=1S/C24H52O4P/c1-4-7-10-13-16-19-22-26-29(25,27-23-20-17-14-11-8-5-2)28-24-21-18-15-12-9-6-3/h25H,4-24H2,1-3H3/q+1. The third-order valence-corrected chi connectivity index (χ3v) is 6.78. The highest BCUT2D eigenvalue weighted by Crippen LogP contribution is 2.58. The van der Waals surface area contributed by atoms with E-state index in [0.29, 0.717) is 19.8 Å². The summed E-state index contributed by atoms with van der Waals surface area (Å²) in [5, 5.41) is 0. The number of rotatable bonds is 24. The van der Waals surface area contributed by atoms with Crippen LogP contribution in [0.4, 0.5) is 0 Å². The summed E-state index contributed by atoms with van der Waals surface area (Å²) < 4.78 is 17.2. The Hall–Kier alpha value is 0.270. The van der Waals surface area contributed by atoms with E-state index < -0.39 is 8.17 Å². The first kappa shape index (κ1) is 29.3. The van der Waals surface area contributed by atoms with Crippen molar-refractivity contribution in [3.63, 3.8) is 0 Å². The highest BCUT2D eigenvalue weighted by atomic mass is 31.2. The second kappa shape index (κ2) is 22.9. The lowest BCUT2D eigenvalue weighted by Crippen LogP contribution is -2.10.